The molecule has 29 heavy (non-hydrogen) atoms. The molecular formula is C22H19N5O2. The van der Waals surface area contributed by atoms with Gasteiger partial charge in [0.05, 0.1) is 0 Å². The third kappa shape index (κ3) is 4.30. The van der Waals surface area contributed by atoms with Crippen LogP contribution in [0.1, 0.15) is 5.56 Å². The molecule has 2 N–H and O–H groups in total. The van der Waals surface area contributed by atoms with Crippen LogP contribution >= 0.6 is 0 Å². The number of nitrogens with one attached hydrogen (secondary N) is 1. The molecule has 0 saturated carbocycles. The molecule has 3 aromatic carbocycles. The van der Waals surface area contributed by atoms with Crippen LogP contribution in [0.15, 0.2) is 78.9 Å². The van der Waals surface area contributed by atoms with Crippen molar-refractivity contribution in [1.29, 1.82) is 0 Å². The van der Waals surface area contributed by atoms with Gasteiger partial charge in [-0.05, 0) is 34.0 Å². The SMILES string of the molecule is O=C(O)CN(Cc1ccc(-c2ccccc2-c2nn[nH]n2)cc1)c1ccccc1. The lowest BCUT2D eigenvalue weighted by molar-refractivity contribution is -0.135. The number of carboxylic acids is 1. The number of rotatable bonds is 7. The number of benzene rings is 3. The van der Waals surface area contributed by atoms with Gasteiger partial charge in [0.2, 0.25) is 5.82 Å². The molecule has 7 heteroatoms. The molecule has 1 aromatic heterocycles. The van der Waals surface area contributed by atoms with Crippen LogP contribution in [0.4, 0.5) is 5.69 Å². The second kappa shape index (κ2) is 8.35. The van der Waals surface area contributed by atoms with Gasteiger partial charge in [-0.15, -0.1) is 10.2 Å². The molecular weight excluding hydrogens is 366 g/mol. The van der Waals surface area contributed by atoms with Gasteiger partial charge in [-0.2, -0.15) is 5.21 Å². The van der Waals surface area contributed by atoms with Crippen molar-refractivity contribution in [2.75, 3.05) is 11.4 Å². The van der Waals surface area contributed by atoms with E-state index in [0.29, 0.717) is 12.4 Å². The minimum atomic E-state index is -0.862. The fourth-order valence-corrected chi connectivity index (χ4v) is 3.26. The number of hydrogen-bond donors (Lipinski definition) is 2. The number of para-hydroxylation sites is 1. The van der Waals surface area contributed by atoms with Crippen molar-refractivity contribution in [1.82, 2.24) is 20.6 Å². The molecule has 0 unspecified atom stereocenters. The number of anilines is 1. The summed E-state index contributed by atoms with van der Waals surface area (Å²) in [4.78, 5) is 13.1. The highest BCUT2D eigenvalue weighted by molar-refractivity contribution is 5.80. The van der Waals surface area contributed by atoms with Gasteiger partial charge in [0.1, 0.15) is 6.54 Å². The molecule has 0 aliphatic carbocycles. The lowest BCUT2D eigenvalue weighted by atomic mass is 9.98. The van der Waals surface area contributed by atoms with Crippen LogP contribution in [0, 0.1) is 0 Å². The van der Waals surface area contributed by atoms with Crippen molar-refractivity contribution in [3.8, 4) is 22.5 Å². The largest absolute Gasteiger partial charge is 0.480 e. The van der Waals surface area contributed by atoms with E-state index in [9.17, 15) is 9.90 Å². The van der Waals surface area contributed by atoms with Crippen molar-refractivity contribution in [2.24, 2.45) is 0 Å². The molecule has 0 atom stereocenters. The van der Waals surface area contributed by atoms with Crippen molar-refractivity contribution in [3.63, 3.8) is 0 Å². The van der Waals surface area contributed by atoms with E-state index in [1.54, 1.807) is 0 Å². The van der Waals surface area contributed by atoms with Crippen LogP contribution in [0.2, 0.25) is 0 Å². The van der Waals surface area contributed by atoms with Crippen LogP contribution in [-0.2, 0) is 11.3 Å². The summed E-state index contributed by atoms with van der Waals surface area (Å²) in [6.07, 6.45) is 0. The quantitative estimate of drug-likeness (QED) is 0.504. The summed E-state index contributed by atoms with van der Waals surface area (Å²) < 4.78 is 0. The van der Waals surface area contributed by atoms with E-state index >= 15 is 0 Å². The van der Waals surface area contributed by atoms with E-state index in [4.69, 9.17) is 0 Å². The van der Waals surface area contributed by atoms with Gasteiger partial charge in [0.15, 0.2) is 0 Å². The molecule has 0 bridgehead atoms. The standard InChI is InChI=1S/C22H19N5O2/c28-21(29)15-27(18-6-2-1-3-7-18)14-16-10-12-17(13-11-16)19-8-4-5-9-20(19)22-23-25-26-24-22/h1-13H,14-15H2,(H,28,29)(H,23,24,25,26). The Balaban J connectivity index is 1.59. The van der Waals surface area contributed by atoms with Crippen LogP contribution in [0.25, 0.3) is 22.5 Å². The van der Waals surface area contributed by atoms with E-state index in [-0.39, 0.29) is 6.54 Å². The smallest absolute Gasteiger partial charge is 0.323 e. The lowest BCUT2D eigenvalue weighted by Crippen LogP contribution is -2.29. The molecule has 0 saturated heterocycles. The number of hydrogen-bond acceptors (Lipinski definition) is 5. The number of aliphatic carboxylic acids is 1. The fraction of sp³-hybridized carbons (Fsp3) is 0.0909. The number of carboxylic acid groups (broad SMARTS) is 1. The predicted molar refractivity (Wildman–Crippen MR) is 110 cm³/mol. The number of aromatic nitrogens is 4. The number of carbonyl (C=O) groups is 1. The molecule has 7 nitrogen and oxygen atoms in total. The third-order valence-corrected chi connectivity index (χ3v) is 4.60. The second-order valence-corrected chi connectivity index (χ2v) is 6.56. The Morgan fingerprint density at radius 1 is 0.897 bits per heavy atom. The predicted octanol–water partition coefficient (Wildman–Crippen LogP) is 3.62. The monoisotopic (exact) mass is 385 g/mol. The zero-order chi connectivity index (χ0) is 20.1. The molecule has 0 fully saturated rings. The van der Waals surface area contributed by atoms with Gasteiger partial charge in [-0.25, -0.2) is 0 Å². The number of tetrazole rings is 1. The molecule has 1 heterocycles. The van der Waals surface area contributed by atoms with Crippen molar-refractivity contribution >= 4 is 11.7 Å². The summed E-state index contributed by atoms with van der Waals surface area (Å²) in [6.45, 7) is 0.440. The van der Waals surface area contributed by atoms with Crippen LogP contribution in [-0.4, -0.2) is 38.2 Å². The summed E-state index contributed by atoms with van der Waals surface area (Å²) in [5, 5.41) is 23.6. The van der Waals surface area contributed by atoms with E-state index in [1.165, 1.54) is 0 Å². The zero-order valence-electron chi connectivity index (χ0n) is 15.6. The summed E-state index contributed by atoms with van der Waals surface area (Å²) in [5.41, 5.74) is 4.83. The Morgan fingerprint density at radius 2 is 1.59 bits per heavy atom. The molecule has 0 radical (unpaired) electrons. The maximum absolute atomic E-state index is 11.3. The topological polar surface area (TPSA) is 95.0 Å². The van der Waals surface area contributed by atoms with Crippen molar-refractivity contribution in [3.05, 3.63) is 84.4 Å². The first kappa shape index (κ1) is 18.4. The van der Waals surface area contributed by atoms with E-state index in [2.05, 4.69) is 20.6 Å². The zero-order valence-corrected chi connectivity index (χ0v) is 15.6. The molecule has 0 aliphatic heterocycles. The van der Waals surface area contributed by atoms with E-state index < -0.39 is 5.97 Å². The van der Waals surface area contributed by atoms with Gasteiger partial charge in [-0.1, -0.05) is 66.7 Å². The molecule has 0 aliphatic rings. The highest BCUT2D eigenvalue weighted by Gasteiger charge is 2.13. The van der Waals surface area contributed by atoms with E-state index in [0.717, 1.165) is 27.9 Å². The van der Waals surface area contributed by atoms with Crippen LogP contribution in [0.5, 0.6) is 0 Å². The summed E-state index contributed by atoms with van der Waals surface area (Å²) in [5.74, 6) is -0.319. The molecule has 4 aromatic rings. The Labute approximate surface area is 167 Å². The minimum absolute atomic E-state index is 0.0631. The normalized spacial score (nSPS) is 10.6. The number of nitrogens with zero attached hydrogens (tertiary/aromatic N) is 4. The van der Waals surface area contributed by atoms with Gasteiger partial charge in [-0.3, -0.25) is 4.79 Å². The highest BCUT2D eigenvalue weighted by Crippen LogP contribution is 2.30. The van der Waals surface area contributed by atoms with Gasteiger partial charge >= 0.3 is 5.97 Å². The Hall–Kier alpha value is -4.00. The Morgan fingerprint density at radius 3 is 2.24 bits per heavy atom. The van der Waals surface area contributed by atoms with Crippen molar-refractivity contribution < 1.29 is 9.90 Å². The molecule has 0 amide bonds. The number of aromatic amines is 1. The first-order valence-electron chi connectivity index (χ1n) is 9.14. The number of H-pyrrole nitrogens is 1. The van der Waals surface area contributed by atoms with Gasteiger partial charge in [0.25, 0.3) is 0 Å². The summed E-state index contributed by atoms with van der Waals surface area (Å²) >= 11 is 0. The second-order valence-electron chi connectivity index (χ2n) is 6.56. The summed E-state index contributed by atoms with van der Waals surface area (Å²) in [7, 11) is 0. The van der Waals surface area contributed by atoms with Gasteiger partial charge < -0.3 is 10.0 Å². The first-order valence-corrected chi connectivity index (χ1v) is 9.14. The average molecular weight is 385 g/mol. The lowest BCUT2D eigenvalue weighted by Gasteiger charge is -2.23. The van der Waals surface area contributed by atoms with Gasteiger partial charge in [0, 0.05) is 17.8 Å². The molecule has 144 valence electrons. The average Bonchev–Trinajstić information content (AvgIpc) is 3.29. The summed E-state index contributed by atoms with van der Waals surface area (Å²) in [6, 6.07) is 25.5. The first-order chi connectivity index (χ1) is 14.2. The van der Waals surface area contributed by atoms with E-state index in [1.807, 2.05) is 83.8 Å². The fourth-order valence-electron chi connectivity index (χ4n) is 3.26. The maximum Gasteiger partial charge on any atom is 0.323 e. The molecule has 0 spiro atoms. The third-order valence-electron chi connectivity index (χ3n) is 4.60. The maximum atomic E-state index is 11.3. The van der Waals surface area contributed by atoms with Crippen LogP contribution < -0.4 is 4.90 Å². The molecule has 4 rings (SSSR count). The minimum Gasteiger partial charge on any atom is -0.480 e. The Bertz CT molecular complexity index is 1080. The van der Waals surface area contributed by atoms with Crippen LogP contribution in [0.3, 0.4) is 0 Å². The highest BCUT2D eigenvalue weighted by atomic mass is 16.4. The van der Waals surface area contributed by atoms with Crippen molar-refractivity contribution in [2.45, 2.75) is 6.54 Å². The Kier molecular flexibility index (Phi) is 5.29.